The first-order valence-corrected chi connectivity index (χ1v) is 6.41. The summed E-state index contributed by atoms with van der Waals surface area (Å²) in [5, 5.41) is 0. The molecule has 14 heavy (non-hydrogen) atoms. The second-order valence-electron chi connectivity index (χ2n) is 4.22. The molecule has 3 heteroatoms. The van der Waals surface area contributed by atoms with Crippen molar-refractivity contribution in [1.82, 2.24) is 0 Å². The second kappa shape index (κ2) is 4.21. The van der Waals surface area contributed by atoms with Gasteiger partial charge in [0, 0.05) is 5.92 Å². The van der Waals surface area contributed by atoms with Gasteiger partial charge in [-0.05, 0) is 25.2 Å². The molecule has 0 radical (unpaired) electrons. The van der Waals surface area contributed by atoms with Crippen molar-refractivity contribution in [2.45, 2.75) is 35.7 Å². The van der Waals surface area contributed by atoms with E-state index in [0.29, 0.717) is 16.3 Å². The van der Waals surface area contributed by atoms with Crippen LogP contribution in [0.1, 0.15) is 25.7 Å². The van der Waals surface area contributed by atoms with Gasteiger partial charge in [0.25, 0.3) is 0 Å². The molecular formula is C11H15IO2. The summed E-state index contributed by atoms with van der Waals surface area (Å²) in [6.45, 7) is 3.74. The monoisotopic (exact) mass is 306 g/mol. The molecule has 0 bridgehead atoms. The van der Waals surface area contributed by atoms with E-state index in [2.05, 4.69) is 29.2 Å². The van der Waals surface area contributed by atoms with Gasteiger partial charge in [-0.25, -0.2) is 0 Å². The number of fused-ring (bicyclic) bond motifs is 1. The summed E-state index contributed by atoms with van der Waals surface area (Å²) < 4.78 is 5.85. The predicted octanol–water partition coefficient (Wildman–Crippen LogP) is 2.71. The third kappa shape index (κ3) is 1.83. The van der Waals surface area contributed by atoms with Crippen molar-refractivity contribution in [1.29, 1.82) is 0 Å². The average molecular weight is 306 g/mol. The SMILES string of the molecule is C=CCCC1CC2CC(=O)OC2C1I. The van der Waals surface area contributed by atoms with E-state index in [-0.39, 0.29) is 12.1 Å². The van der Waals surface area contributed by atoms with Crippen molar-refractivity contribution in [2.75, 3.05) is 0 Å². The Morgan fingerprint density at radius 1 is 1.64 bits per heavy atom. The Kier molecular flexibility index (Phi) is 3.14. The maximum absolute atomic E-state index is 11.1. The molecule has 0 aromatic carbocycles. The van der Waals surface area contributed by atoms with Crippen LogP contribution in [0.15, 0.2) is 12.7 Å². The van der Waals surface area contributed by atoms with Crippen LogP contribution < -0.4 is 0 Å². The number of hydrogen-bond donors (Lipinski definition) is 0. The maximum Gasteiger partial charge on any atom is 0.306 e. The van der Waals surface area contributed by atoms with Gasteiger partial charge in [0.2, 0.25) is 0 Å². The summed E-state index contributed by atoms with van der Waals surface area (Å²) in [6, 6.07) is 0. The molecule has 1 saturated heterocycles. The van der Waals surface area contributed by atoms with E-state index in [0.717, 1.165) is 18.8 Å². The summed E-state index contributed by atoms with van der Waals surface area (Å²) in [6.07, 6.45) is 6.27. The molecule has 2 rings (SSSR count). The number of hydrogen-bond acceptors (Lipinski definition) is 2. The zero-order chi connectivity index (χ0) is 10.1. The van der Waals surface area contributed by atoms with Gasteiger partial charge < -0.3 is 4.74 Å². The minimum atomic E-state index is 0.00355. The number of halogens is 1. The molecule has 0 N–H and O–H groups in total. The summed E-state index contributed by atoms with van der Waals surface area (Å²) in [7, 11) is 0. The van der Waals surface area contributed by atoms with Crippen LogP contribution in [0.2, 0.25) is 0 Å². The first-order valence-electron chi connectivity index (χ1n) is 5.17. The number of esters is 1. The van der Waals surface area contributed by atoms with Gasteiger partial charge in [-0.3, -0.25) is 4.79 Å². The highest BCUT2D eigenvalue weighted by Crippen LogP contribution is 2.45. The summed E-state index contributed by atoms with van der Waals surface area (Å²) in [4.78, 5) is 11.1. The fourth-order valence-corrected chi connectivity index (χ4v) is 3.95. The quantitative estimate of drug-likeness (QED) is 0.347. The fraction of sp³-hybridized carbons (Fsp3) is 0.727. The van der Waals surface area contributed by atoms with Crippen molar-refractivity contribution in [2.24, 2.45) is 11.8 Å². The first-order chi connectivity index (χ1) is 6.72. The van der Waals surface area contributed by atoms with E-state index >= 15 is 0 Å². The van der Waals surface area contributed by atoms with Crippen LogP contribution in [0.3, 0.4) is 0 Å². The molecule has 0 aromatic heterocycles. The summed E-state index contributed by atoms with van der Waals surface area (Å²) >= 11 is 2.45. The molecule has 1 heterocycles. The van der Waals surface area contributed by atoms with Crippen molar-refractivity contribution >= 4 is 28.6 Å². The molecule has 2 nitrogen and oxygen atoms in total. The van der Waals surface area contributed by atoms with Crippen molar-refractivity contribution in [3.8, 4) is 0 Å². The Bertz CT molecular complexity index is 252. The number of carbonyl (C=O) groups excluding carboxylic acids is 1. The highest BCUT2D eigenvalue weighted by molar-refractivity contribution is 14.1. The molecule has 2 aliphatic rings. The molecule has 1 aliphatic carbocycles. The third-order valence-electron chi connectivity index (χ3n) is 3.27. The predicted molar refractivity (Wildman–Crippen MR) is 63.3 cm³/mol. The highest BCUT2D eigenvalue weighted by atomic mass is 127. The normalized spacial score (nSPS) is 40.8. The molecule has 0 amide bonds. The van der Waals surface area contributed by atoms with Crippen molar-refractivity contribution in [3.05, 3.63) is 12.7 Å². The van der Waals surface area contributed by atoms with E-state index in [1.54, 1.807) is 0 Å². The molecule has 4 atom stereocenters. The van der Waals surface area contributed by atoms with Gasteiger partial charge in [-0.1, -0.05) is 28.7 Å². The number of allylic oxidation sites excluding steroid dienone is 1. The molecule has 1 aliphatic heterocycles. The van der Waals surface area contributed by atoms with Gasteiger partial charge in [0.05, 0.1) is 10.3 Å². The van der Waals surface area contributed by atoms with Crippen LogP contribution in [0.5, 0.6) is 0 Å². The van der Waals surface area contributed by atoms with Gasteiger partial charge in [0.1, 0.15) is 6.10 Å². The fourth-order valence-electron chi connectivity index (χ4n) is 2.56. The Labute approximate surface area is 98.2 Å². The van der Waals surface area contributed by atoms with Crippen LogP contribution in [-0.2, 0) is 9.53 Å². The molecule has 4 unspecified atom stereocenters. The topological polar surface area (TPSA) is 26.3 Å². The van der Waals surface area contributed by atoms with Crippen molar-refractivity contribution < 1.29 is 9.53 Å². The average Bonchev–Trinajstić information content (AvgIpc) is 2.63. The maximum atomic E-state index is 11.1. The van der Waals surface area contributed by atoms with Gasteiger partial charge in [-0.2, -0.15) is 0 Å². The van der Waals surface area contributed by atoms with Gasteiger partial charge in [-0.15, -0.1) is 6.58 Å². The molecule has 0 spiro atoms. The van der Waals surface area contributed by atoms with E-state index < -0.39 is 0 Å². The number of ether oxygens (including phenoxy) is 1. The van der Waals surface area contributed by atoms with Gasteiger partial charge in [0.15, 0.2) is 0 Å². The lowest BCUT2D eigenvalue weighted by Crippen LogP contribution is -2.22. The van der Waals surface area contributed by atoms with E-state index in [1.807, 2.05) is 6.08 Å². The van der Waals surface area contributed by atoms with Crippen LogP contribution in [0.4, 0.5) is 0 Å². The van der Waals surface area contributed by atoms with E-state index in [9.17, 15) is 4.79 Å². The van der Waals surface area contributed by atoms with E-state index in [1.165, 1.54) is 6.42 Å². The lowest BCUT2D eigenvalue weighted by molar-refractivity contribution is -0.141. The molecule has 2 fully saturated rings. The zero-order valence-corrected chi connectivity index (χ0v) is 10.3. The summed E-state index contributed by atoms with van der Waals surface area (Å²) in [5.41, 5.74) is 0. The van der Waals surface area contributed by atoms with Crippen LogP contribution in [0, 0.1) is 11.8 Å². The van der Waals surface area contributed by atoms with Crippen molar-refractivity contribution in [3.63, 3.8) is 0 Å². The number of carbonyl (C=O) groups is 1. The lowest BCUT2D eigenvalue weighted by Gasteiger charge is -2.16. The highest BCUT2D eigenvalue weighted by Gasteiger charge is 2.48. The first kappa shape index (κ1) is 10.5. The van der Waals surface area contributed by atoms with Crippen LogP contribution in [0.25, 0.3) is 0 Å². The Morgan fingerprint density at radius 3 is 3.07 bits per heavy atom. The lowest BCUT2D eigenvalue weighted by atomic mass is 9.99. The zero-order valence-electron chi connectivity index (χ0n) is 8.12. The van der Waals surface area contributed by atoms with E-state index in [4.69, 9.17) is 4.74 Å². The van der Waals surface area contributed by atoms with Crippen LogP contribution >= 0.6 is 22.6 Å². The molecule has 78 valence electrons. The van der Waals surface area contributed by atoms with Crippen LogP contribution in [-0.4, -0.2) is 16.0 Å². The Balaban J connectivity index is 1.94. The summed E-state index contributed by atoms with van der Waals surface area (Å²) in [5.74, 6) is 1.22. The Morgan fingerprint density at radius 2 is 2.43 bits per heavy atom. The minimum Gasteiger partial charge on any atom is -0.461 e. The van der Waals surface area contributed by atoms with Gasteiger partial charge >= 0.3 is 5.97 Å². The second-order valence-corrected chi connectivity index (χ2v) is 5.66. The standard InChI is InChI=1S/C11H15IO2/c1-2-3-4-7-5-8-6-9(13)14-11(8)10(7)12/h2,7-8,10-11H,1,3-6H2. The smallest absolute Gasteiger partial charge is 0.306 e. The Hall–Kier alpha value is -0.0600. The molecule has 0 aromatic rings. The number of rotatable bonds is 3. The third-order valence-corrected chi connectivity index (χ3v) is 5.00. The minimum absolute atomic E-state index is 0.00355. The largest absolute Gasteiger partial charge is 0.461 e. The molecular weight excluding hydrogens is 291 g/mol. The number of alkyl halides is 1. The molecule has 1 saturated carbocycles.